The van der Waals surface area contributed by atoms with Crippen LogP contribution >= 0.6 is 0 Å². The third-order valence-corrected chi connectivity index (χ3v) is 6.68. The van der Waals surface area contributed by atoms with Crippen LogP contribution in [0, 0.1) is 0 Å². The Hall–Kier alpha value is -1.24. The van der Waals surface area contributed by atoms with E-state index in [1.807, 2.05) is 0 Å². The number of nitrogens with zero attached hydrogens (tertiary/aromatic N) is 1. The van der Waals surface area contributed by atoms with Gasteiger partial charge in [-0.05, 0) is 37.5 Å². The molecule has 1 heteroatoms. The van der Waals surface area contributed by atoms with Gasteiger partial charge in [0.15, 0.2) is 0 Å². The number of rotatable bonds is 22. The van der Waals surface area contributed by atoms with Crippen LogP contribution in [0.25, 0.3) is 6.08 Å². The Morgan fingerprint density at radius 1 is 0.531 bits per heavy atom. The van der Waals surface area contributed by atoms with Gasteiger partial charge in [-0.15, -0.1) is 0 Å². The van der Waals surface area contributed by atoms with Gasteiger partial charge < -0.3 is 4.90 Å². The summed E-state index contributed by atoms with van der Waals surface area (Å²) in [6.45, 7) is 9.13. The molecule has 1 rings (SSSR count). The van der Waals surface area contributed by atoms with Gasteiger partial charge >= 0.3 is 0 Å². The van der Waals surface area contributed by atoms with Crippen molar-refractivity contribution >= 4 is 11.8 Å². The Kier molecular flexibility index (Phi) is 19.4. The van der Waals surface area contributed by atoms with Crippen molar-refractivity contribution in [3.05, 3.63) is 35.9 Å². The van der Waals surface area contributed by atoms with Crippen molar-refractivity contribution < 1.29 is 0 Å². The highest BCUT2D eigenvalue weighted by molar-refractivity contribution is 5.55. The van der Waals surface area contributed by atoms with E-state index in [1.54, 1.807) is 0 Å². The highest BCUT2D eigenvalue weighted by atomic mass is 15.1. The van der Waals surface area contributed by atoms with Crippen LogP contribution < -0.4 is 4.90 Å². The van der Waals surface area contributed by atoms with Crippen molar-refractivity contribution in [1.82, 2.24) is 0 Å². The predicted molar refractivity (Wildman–Crippen MR) is 148 cm³/mol. The van der Waals surface area contributed by atoms with Crippen LogP contribution in [0.1, 0.15) is 142 Å². The van der Waals surface area contributed by atoms with E-state index in [2.05, 4.69) is 62.1 Å². The lowest BCUT2D eigenvalue weighted by Gasteiger charge is -2.25. The molecule has 0 saturated carbocycles. The summed E-state index contributed by atoms with van der Waals surface area (Å²) in [6, 6.07) is 9.21. The third-order valence-electron chi connectivity index (χ3n) is 6.68. The lowest BCUT2D eigenvalue weighted by Crippen LogP contribution is -2.25. The average molecular weight is 442 g/mol. The highest BCUT2D eigenvalue weighted by Crippen LogP contribution is 2.19. The van der Waals surface area contributed by atoms with E-state index in [1.165, 1.54) is 140 Å². The van der Waals surface area contributed by atoms with Crippen LogP contribution in [-0.2, 0) is 0 Å². The lowest BCUT2D eigenvalue weighted by molar-refractivity contribution is 0.548. The number of anilines is 1. The molecule has 0 aliphatic heterocycles. The second kappa shape index (κ2) is 21.6. The molecule has 0 atom stereocenters. The smallest absolute Gasteiger partial charge is 0.0366 e. The van der Waals surface area contributed by atoms with E-state index < -0.39 is 0 Å². The molecule has 0 radical (unpaired) electrons. The number of hydrogen-bond donors (Lipinski definition) is 0. The van der Waals surface area contributed by atoms with E-state index in [9.17, 15) is 0 Å². The zero-order valence-corrected chi connectivity index (χ0v) is 22.1. The van der Waals surface area contributed by atoms with E-state index in [0.29, 0.717) is 0 Å². The van der Waals surface area contributed by atoms with Gasteiger partial charge in [0.2, 0.25) is 0 Å². The van der Waals surface area contributed by atoms with Gasteiger partial charge in [0.25, 0.3) is 0 Å². The van der Waals surface area contributed by atoms with Crippen molar-refractivity contribution in [3.8, 4) is 0 Å². The largest absolute Gasteiger partial charge is 0.372 e. The zero-order valence-electron chi connectivity index (χ0n) is 22.1. The van der Waals surface area contributed by atoms with Crippen molar-refractivity contribution in [2.45, 2.75) is 136 Å². The topological polar surface area (TPSA) is 3.24 Å². The SMILES string of the molecule is C/C=C/c1ccc(N(CCCCCCCCCCC)CCCCCCCCCCC)cc1. The van der Waals surface area contributed by atoms with Gasteiger partial charge in [-0.3, -0.25) is 0 Å². The minimum absolute atomic E-state index is 1.22. The molecule has 0 heterocycles. The second-order valence-corrected chi connectivity index (χ2v) is 9.74. The lowest BCUT2D eigenvalue weighted by atomic mass is 10.1. The molecule has 0 amide bonds. The third kappa shape index (κ3) is 15.5. The molecule has 0 aliphatic rings. The fourth-order valence-electron chi connectivity index (χ4n) is 4.59. The summed E-state index contributed by atoms with van der Waals surface area (Å²) in [6.07, 6.45) is 29.6. The Morgan fingerprint density at radius 3 is 1.28 bits per heavy atom. The number of benzene rings is 1. The second-order valence-electron chi connectivity index (χ2n) is 9.74. The Labute approximate surface area is 202 Å². The van der Waals surface area contributed by atoms with Crippen LogP contribution in [0.2, 0.25) is 0 Å². The van der Waals surface area contributed by atoms with Crippen LogP contribution in [0.3, 0.4) is 0 Å². The Morgan fingerprint density at radius 2 is 0.906 bits per heavy atom. The molecule has 0 bridgehead atoms. The zero-order chi connectivity index (χ0) is 23.1. The summed E-state index contributed by atoms with van der Waals surface area (Å²) in [4.78, 5) is 2.65. The van der Waals surface area contributed by atoms with Crippen LogP contribution in [0.4, 0.5) is 5.69 Å². The molecule has 0 aromatic heterocycles. The quantitative estimate of drug-likeness (QED) is 0.162. The minimum atomic E-state index is 1.22. The van der Waals surface area contributed by atoms with Gasteiger partial charge in [0.05, 0.1) is 0 Å². The van der Waals surface area contributed by atoms with Crippen molar-refractivity contribution in [2.24, 2.45) is 0 Å². The molecule has 0 fully saturated rings. The maximum absolute atomic E-state index is 2.65. The normalized spacial score (nSPS) is 11.5. The van der Waals surface area contributed by atoms with E-state index in [4.69, 9.17) is 0 Å². The van der Waals surface area contributed by atoms with Gasteiger partial charge in [0, 0.05) is 18.8 Å². The molecule has 0 saturated heterocycles. The molecule has 32 heavy (non-hydrogen) atoms. The van der Waals surface area contributed by atoms with Crippen LogP contribution in [-0.4, -0.2) is 13.1 Å². The number of unbranched alkanes of at least 4 members (excludes halogenated alkanes) is 16. The molecule has 0 N–H and O–H groups in total. The molecule has 1 nitrogen and oxygen atoms in total. The van der Waals surface area contributed by atoms with Crippen LogP contribution in [0.15, 0.2) is 30.3 Å². The molecule has 1 aromatic rings. The first kappa shape index (κ1) is 28.8. The Bertz CT molecular complexity index is 508. The first-order chi connectivity index (χ1) is 15.8. The first-order valence-corrected chi connectivity index (χ1v) is 14.3. The first-order valence-electron chi connectivity index (χ1n) is 14.3. The highest BCUT2D eigenvalue weighted by Gasteiger charge is 2.06. The summed E-state index contributed by atoms with van der Waals surface area (Å²) in [7, 11) is 0. The van der Waals surface area contributed by atoms with Gasteiger partial charge in [-0.25, -0.2) is 0 Å². The number of hydrogen-bond acceptors (Lipinski definition) is 1. The summed E-state index contributed by atoms with van der Waals surface area (Å²) in [5.74, 6) is 0. The summed E-state index contributed by atoms with van der Waals surface area (Å²) in [5, 5.41) is 0. The van der Waals surface area contributed by atoms with Crippen molar-refractivity contribution in [2.75, 3.05) is 18.0 Å². The van der Waals surface area contributed by atoms with Gasteiger partial charge in [0.1, 0.15) is 0 Å². The van der Waals surface area contributed by atoms with Crippen molar-refractivity contribution in [1.29, 1.82) is 0 Å². The maximum Gasteiger partial charge on any atom is 0.0366 e. The standard InChI is InChI=1S/C31H55N/c1-4-7-9-11-13-15-17-19-21-28-32(31-26-24-30(23-6-3)25-27-31)29-22-20-18-16-14-12-10-8-5-2/h6,23-27H,4-5,7-22,28-29H2,1-3H3/b23-6+. The summed E-state index contributed by atoms with van der Waals surface area (Å²) in [5.41, 5.74) is 2.72. The molecule has 184 valence electrons. The Balaban J connectivity index is 2.31. The molecule has 0 unspecified atom stereocenters. The fraction of sp³-hybridized carbons (Fsp3) is 0.742. The molecule has 1 aromatic carbocycles. The molecule has 0 aliphatic carbocycles. The summed E-state index contributed by atoms with van der Waals surface area (Å²) < 4.78 is 0. The molecule has 0 spiro atoms. The van der Waals surface area contributed by atoms with E-state index in [0.717, 1.165) is 0 Å². The summed E-state index contributed by atoms with van der Waals surface area (Å²) >= 11 is 0. The molecular weight excluding hydrogens is 386 g/mol. The molecular formula is C31H55N. The predicted octanol–water partition coefficient (Wildman–Crippen LogP) is 10.6. The van der Waals surface area contributed by atoms with Crippen molar-refractivity contribution in [3.63, 3.8) is 0 Å². The van der Waals surface area contributed by atoms with Gasteiger partial charge in [-0.1, -0.05) is 141 Å². The van der Waals surface area contributed by atoms with Crippen LogP contribution in [0.5, 0.6) is 0 Å². The van der Waals surface area contributed by atoms with E-state index >= 15 is 0 Å². The maximum atomic E-state index is 2.65. The van der Waals surface area contributed by atoms with Gasteiger partial charge in [-0.2, -0.15) is 0 Å². The number of allylic oxidation sites excluding steroid dienone is 1. The minimum Gasteiger partial charge on any atom is -0.372 e. The fourth-order valence-corrected chi connectivity index (χ4v) is 4.59. The average Bonchev–Trinajstić information content (AvgIpc) is 2.81. The monoisotopic (exact) mass is 441 g/mol. The van der Waals surface area contributed by atoms with E-state index in [-0.39, 0.29) is 0 Å².